The van der Waals surface area contributed by atoms with E-state index in [1.54, 1.807) is 0 Å². The summed E-state index contributed by atoms with van der Waals surface area (Å²) in [5, 5.41) is 12.2. The molecule has 4 nitrogen and oxygen atoms in total. The summed E-state index contributed by atoms with van der Waals surface area (Å²) in [6.07, 6.45) is 0.905. The van der Waals surface area contributed by atoms with Gasteiger partial charge in [0.25, 0.3) is 0 Å². The van der Waals surface area contributed by atoms with Crippen molar-refractivity contribution in [1.29, 1.82) is 0 Å². The first kappa shape index (κ1) is 14.7. The second-order valence-electron chi connectivity index (χ2n) is 4.09. The molecule has 1 aromatic carbocycles. The van der Waals surface area contributed by atoms with E-state index in [-0.39, 0.29) is 6.04 Å². The Kier molecular flexibility index (Phi) is 5.18. The lowest BCUT2D eigenvalue weighted by Crippen LogP contribution is -2.20. The van der Waals surface area contributed by atoms with E-state index in [4.69, 9.17) is 16.0 Å². The van der Waals surface area contributed by atoms with E-state index in [0.717, 1.165) is 22.1 Å². The summed E-state index contributed by atoms with van der Waals surface area (Å²) in [6.45, 7) is 5.01. The Hall–Kier alpha value is -0.660. The molecule has 0 amide bonds. The SMILES string of the molecule is CCNC(CC)c1nnc(-c2cc(Cl)ccc2I)o1. The third-order valence-electron chi connectivity index (χ3n) is 2.76. The summed E-state index contributed by atoms with van der Waals surface area (Å²) in [5.41, 5.74) is 0.873. The second-order valence-corrected chi connectivity index (χ2v) is 5.69. The van der Waals surface area contributed by atoms with Crippen LogP contribution < -0.4 is 5.32 Å². The fraction of sp³-hybridized carbons (Fsp3) is 0.385. The van der Waals surface area contributed by atoms with Gasteiger partial charge >= 0.3 is 0 Å². The first-order chi connectivity index (χ1) is 9.15. The third-order valence-corrected chi connectivity index (χ3v) is 3.93. The molecule has 0 aliphatic rings. The average Bonchev–Trinajstić information content (AvgIpc) is 2.88. The van der Waals surface area contributed by atoms with Crippen molar-refractivity contribution in [2.24, 2.45) is 0 Å². The summed E-state index contributed by atoms with van der Waals surface area (Å²) in [7, 11) is 0. The van der Waals surface area contributed by atoms with Gasteiger partial charge in [-0.2, -0.15) is 0 Å². The topological polar surface area (TPSA) is 51.0 Å². The van der Waals surface area contributed by atoms with Crippen LogP contribution in [0.15, 0.2) is 22.6 Å². The highest BCUT2D eigenvalue weighted by Crippen LogP contribution is 2.28. The van der Waals surface area contributed by atoms with Gasteiger partial charge < -0.3 is 9.73 Å². The summed E-state index contributed by atoms with van der Waals surface area (Å²) in [4.78, 5) is 0. The monoisotopic (exact) mass is 391 g/mol. The minimum absolute atomic E-state index is 0.100. The van der Waals surface area contributed by atoms with Crippen LogP contribution >= 0.6 is 34.2 Å². The first-order valence-electron chi connectivity index (χ1n) is 6.17. The Balaban J connectivity index is 2.32. The van der Waals surface area contributed by atoms with Crippen LogP contribution in [0.3, 0.4) is 0 Å². The van der Waals surface area contributed by atoms with Gasteiger partial charge in [-0.25, -0.2) is 0 Å². The number of halogens is 2. The molecular weight excluding hydrogens is 377 g/mol. The van der Waals surface area contributed by atoms with E-state index in [2.05, 4.69) is 52.0 Å². The molecule has 1 N–H and O–H groups in total. The number of rotatable bonds is 5. The van der Waals surface area contributed by atoms with Crippen LogP contribution in [0.5, 0.6) is 0 Å². The van der Waals surface area contributed by atoms with Gasteiger partial charge in [0.15, 0.2) is 0 Å². The fourth-order valence-corrected chi connectivity index (χ4v) is 2.54. The van der Waals surface area contributed by atoms with E-state index in [0.29, 0.717) is 16.8 Å². The average molecular weight is 392 g/mol. The molecule has 19 heavy (non-hydrogen) atoms. The van der Waals surface area contributed by atoms with Crippen molar-refractivity contribution in [3.05, 3.63) is 32.7 Å². The molecule has 1 unspecified atom stereocenters. The normalized spacial score (nSPS) is 12.6. The molecule has 0 radical (unpaired) electrons. The van der Waals surface area contributed by atoms with Gasteiger partial charge in [0.1, 0.15) is 0 Å². The minimum atomic E-state index is 0.100. The molecule has 2 aromatic rings. The lowest BCUT2D eigenvalue weighted by Gasteiger charge is -2.10. The van der Waals surface area contributed by atoms with E-state index >= 15 is 0 Å². The van der Waals surface area contributed by atoms with Crippen molar-refractivity contribution in [3.63, 3.8) is 0 Å². The summed E-state index contributed by atoms with van der Waals surface area (Å²) >= 11 is 8.24. The van der Waals surface area contributed by atoms with Crippen LogP contribution in [0.2, 0.25) is 5.02 Å². The van der Waals surface area contributed by atoms with E-state index < -0.39 is 0 Å². The first-order valence-corrected chi connectivity index (χ1v) is 7.63. The van der Waals surface area contributed by atoms with Gasteiger partial charge in [-0.1, -0.05) is 25.4 Å². The van der Waals surface area contributed by atoms with Crippen LogP contribution in [0.4, 0.5) is 0 Å². The minimum Gasteiger partial charge on any atom is -0.419 e. The van der Waals surface area contributed by atoms with Crippen LogP contribution in [-0.2, 0) is 0 Å². The lowest BCUT2D eigenvalue weighted by molar-refractivity contribution is 0.402. The maximum atomic E-state index is 6.01. The Morgan fingerprint density at radius 2 is 2.16 bits per heavy atom. The molecule has 0 saturated carbocycles. The molecule has 6 heteroatoms. The van der Waals surface area contributed by atoms with Crippen molar-refractivity contribution in [2.45, 2.75) is 26.3 Å². The molecule has 0 bridgehead atoms. The third kappa shape index (κ3) is 3.46. The summed E-state index contributed by atoms with van der Waals surface area (Å²) in [6, 6.07) is 5.72. The molecule has 0 fully saturated rings. The number of nitrogens with zero attached hydrogens (tertiary/aromatic N) is 2. The molecule has 0 aliphatic heterocycles. The molecule has 0 saturated heterocycles. The highest BCUT2D eigenvalue weighted by atomic mass is 127. The maximum Gasteiger partial charge on any atom is 0.248 e. The number of hydrogen-bond acceptors (Lipinski definition) is 4. The zero-order valence-corrected chi connectivity index (χ0v) is 13.7. The summed E-state index contributed by atoms with van der Waals surface area (Å²) < 4.78 is 6.80. The van der Waals surface area contributed by atoms with Gasteiger partial charge in [0, 0.05) is 8.59 Å². The van der Waals surface area contributed by atoms with Crippen molar-refractivity contribution in [1.82, 2.24) is 15.5 Å². The number of nitrogens with one attached hydrogen (secondary N) is 1. The molecule has 0 aliphatic carbocycles. The summed E-state index contributed by atoms with van der Waals surface area (Å²) in [5.74, 6) is 1.13. The molecule has 1 heterocycles. The molecule has 0 spiro atoms. The second kappa shape index (κ2) is 6.67. The van der Waals surface area contributed by atoms with Crippen molar-refractivity contribution >= 4 is 34.2 Å². The quantitative estimate of drug-likeness (QED) is 0.781. The van der Waals surface area contributed by atoms with Crippen molar-refractivity contribution in [2.75, 3.05) is 6.54 Å². The Labute approximate surface area is 131 Å². The van der Waals surface area contributed by atoms with Gasteiger partial charge in [0.2, 0.25) is 11.8 Å². The van der Waals surface area contributed by atoms with Crippen LogP contribution in [0.25, 0.3) is 11.5 Å². The van der Waals surface area contributed by atoms with E-state index in [1.165, 1.54) is 0 Å². The molecule has 1 aromatic heterocycles. The smallest absolute Gasteiger partial charge is 0.248 e. The zero-order valence-electron chi connectivity index (χ0n) is 10.8. The molecular formula is C13H15ClIN3O. The number of hydrogen-bond donors (Lipinski definition) is 1. The van der Waals surface area contributed by atoms with E-state index in [9.17, 15) is 0 Å². The highest BCUT2D eigenvalue weighted by molar-refractivity contribution is 14.1. The molecule has 1 atom stereocenters. The highest BCUT2D eigenvalue weighted by Gasteiger charge is 2.18. The zero-order chi connectivity index (χ0) is 13.8. The Bertz CT molecular complexity index is 559. The fourth-order valence-electron chi connectivity index (χ4n) is 1.80. The van der Waals surface area contributed by atoms with Gasteiger partial charge in [-0.05, 0) is 53.8 Å². The Morgan fingerprint density at radius 3 is 2.84 bits per heavy atom. The van der Waals surface area contributed by atoms with Gasteiger partial charge in [-0.15, -0.1) is 10.2 Å². The van der Waals surface area contributed by atoms with Crippen LogP contribution in [-0.4, -0.2) is 16.7 Å². The predicted molar refractivity (Wildman–Crippen MR) is 84.2 cm³/mol. The standard InChI is InChI=1S/C13H15ClIN3O/c1-3-11(16-4-2)13-18-17-12(19-13)9-7-8(14)5-6-10(9)15/h5-7,11,16H,3-4H2,1-2H3. The molecule has 2 rings (SSSR count). The largest absolute Gasteiger partial charge is 0.419 e. The number of aromatic nitrogens is 2. The maximum absolute atomic E-state index is 6.01. The van der Waals surface area contributed by atoms with Crippen LogP contribution in [0.1, 0.15) is 32.2 Å². The van der Waals surface area contributed by atoms with Crippen LogP contribution in [0, 0.1) is 3.57 Å². The molecule has 102 valence electrons. The number of benzene rings is 1. The Morgan fingerprint density at radius 1 is 1.37 bits per heavy atom. The van der Waals surface area contributed by atoms with Crippen molar-refractivity contribution in [3.8, 4) is 11.5 Å². The predicted octanol–water partition coefficient (Wildman–Crippen LogP) is 4.06. The van der Waals surface area contributed by atoms with Gasteiger partial charge in [0.05, 0.1) is 11.6 Å². The van der Waals surface area contributed by atoms with Crippen molar-refractivity contribution < 1.29 is 4.42 Å². The van der Waals surface area contributed by atoms with E-state index in [1.807, 2.05) is 18.2 Å². The lowest BCUT2D eigenvalue weighted by atomic mass is 10.2. The van der Waals surface area contributed by atoms with Gasteiger partial charge in [-0.3, -0.25) is 0 Å².